The van der Waals surface area contributed by atoms with Crippen molar-refractivity contribution in [2.75, 3.05) is 14.2 Å². The molecule has 0 atom stereocenters. The maximum atomic E-state index is 9.45. The first kappa shape index (κ1) is 13.0. The molecule has 0 unspecified atom stereocenters. The standard InChI is InChI=1S/C16H13N3O2/c1-20-12-5-3-11(4-6-12)19-16(10-17)14-9-13(21-2)7-8-15(14)18-19/h3-9H,1-2H3. The molecule has 21 heavy (non-hydrogen) atoms. The molecule has 3 rings (SSSR count). The van der Waals surface area contributed by atoms with Crippen molar-refractivity contribution >= 4 is 10.9 Å². The summed E-state index contributed by atoms with van der Waals surface area (Å²) in [7, 11) is 3.21. The molecule has 0 amide bonds. The number of nitriles is 1. The molecule has 5 nitrogen and oxygen atoms in total. The Morgan fingerprint density at radius 2 is 1.67 bits per heavy atom. The lowest BCUT2D eigenvalue weighted by molar-refractivity contribution is 0.414. The average Bonchev–Trinajstić information content (AvgIpc) is 2.92. The lowest BCUT2D eigenvalue weighted by atomic mass is 10.2. The van der Waals surface area contributed by atoms with Gasteiger partial charge in [-0.1, -0.05) is 0 Å². The third-order valence-corrected chi connectivity index (χ3v) is 3.30. The maximum absolute atomic E-state index is 9.45. The molecule has 104 valence electrons. The summed E-state index contributed by atoms with van der Waals surface area (Å²) in [5, 5.41) is 14.7. The molecule has 0 aliphatic rings. The van der Waals surface area contributed by atoms with E-state index in [0.717, 1.165) is 22.3 Å². The summed E-state index contributed by atoms with van der Waals surface area (Å²) in [6.45, 7) is 0. The van der Waals surface area contributed by atoms with Crippen molar-refractivity contribution in [3.8, 4) is 23.3 Å². The number of aromatic nitrogens is 2. The summed E-state index contributed by atoms with van der Waals surface area (Å²) in [5.74, 6) is 1.46. The Morgan fingerprint density at radius 3 is 2.29 bits per heavy atom. The molecule has 0 fully saturated rings. The minimum absolute atomic E-state index is 0.481. The fraction of sp³-hybridized carbons (Fsp3) is 0.125. The van der Waals surface area contributed by atoms with Crippen LogP contribution in [0.4, 0.5) is 0 Å². The van der Waals surface area contributed by atoms with Crippen molar-refractivity contribution in [3.63, 3.8) is 0 Å². The molecule has 3 aromatic rings. The van der Waals surface area contributed by atoms with Gasteiger partial charge in [-0.15, -0.1) is 0 Å². The monoisotopic (exact) mass is 279 g/mol. The number of benzene rings is 2. The van der Waals surface area contributed by atoms with Gasteiger partial charge in [0.15, 0.2) is 5.69 Å². The van der Waals surface area contributed by atoms with Crippen molar-refractivity contribution in [2.45, 2.75) is 0 Å². The molecular weight excluding hydrogens is 266 g/mol. The lowest BCUT2D eigenvalue weighted by Crippen LogP contribution is -1.99. The molecule has 0 N–H and O–H groups in total. The summed E-state index contributed by atoms with van der Waals surface area (Å²) < 4.78 is 12.0. The molecule has 0 radical (unpaired) electrons. The van der Waals surface area contributed by atoms with Crippen LogP contribution in [0.15, 0.2) is 42.5 Å². The first-order chi connectivity index (χ1) is 10.3. The van der Waals surface area contributed by atoms with Crippen LogP contribution in [0.3, 0.4) is 0 Å². The number of rotatable bonds is 3. The van der Waals surface area contributed by atoms with Gasteiger partial charge in [0, 0.05) is 5.39 Å². The van der Waals surface area contributed by atoms with Crippen molar-refractivity contribution in [1.82, 2.24) is 9.78 Å². The highest BCUT2D eigenvalue weighted by atomic mass is 16.5. The second-order valence-corrected chi connectivity index (χ2v) is 4.45. The van der Waals surface area contributed by atoms with Crippen LogP contribution in [0.5, 0.6) is 11.5 Å². The van der Waals surface area contributed by atoms with Gasteiger partial charge in [0.2, 0.25) is 0 Å². The molecule has 0 saturated carbocycles. The third kappa shape index (κ3) is 2.17. The van der Waals surface area contributed by atoms with Gasteiger partial charge in [-0.2, -0.15) is 10.4 Å². The van der Waals surface area contributed by atoms with Crippen molar-refractivity contribution in [3.05, 3.63) is 48.2 Å². The second-order valence-electron chi connectivity index (χ2n) is 4.45. The summed E-state index contributed by atoms with van der Waals surface area (Å²) in [6.07, 6.45) is 0. The number of methoxy groups -OCH3 is 2. The zero-order valence-electron chi connectivity index (χ0n) is 11.7. The highest BCUT2D eigenvalue weighted by Crippen LogP contribution is 2.26. The van der Waals surface area contributed by atoms with E-state index >= 15 is 0 Å². The minimum Gasteiger partial charge on any atom is -0.497 e. The Bertz CT molecular complexity index is 829. The van der Waals surface area contributed by atoms with E-state index in [0.29, 0.717) is 11.4 Å². The van der Waals surface area contributed by atoms with Crippen LogP contribution in [0.2, 0.25) is 0 Å². The van der Waals surface area contributed by atoms with Crippen LogP contribution < -0.4 is 9.47 Å². The van der Waals surface area contributed by atoms with Crippen molar-refractivity contribution in [1.29, 1.82) is 5.26 Å². The molecule has 0 aliphatic carbocycles. The third-order valence-electron chi connectivity index (χ3n) is 3.30. The van der Waals surface area contributed by atoms with E-state index in [2.05, 4.69) is 11.2 Å². The van der Waals surface area contributed by atoms with Crippen LogP contribution in [-0.4, -0.2) is 24.0 Å². The largest absolute Gasteiger partial charge is 0.497 e. The van der Waals surface area contributed by atoms with E-state index in [1.54, 1.807) is 18.9 Å². The zero-order valence-corrected chi connectivity index (χ0v) is 11.7. The molecule has 0 aliphatic heterocycles. The Morgan fingerprint density at radius 1 is 1.00 bits per heavy atom. The predicted octanol–water partition coefficient (Wildman–Crippen LogP) is 2.91. The van der Waals surface area contributed by atoms with E-state index < -0.39 is 0 Å². The minimum atomic E-state index is 0.481. The molecular formula is C16H13N3O2. The van der Waals surface area contributed by atoms with Gasteiger partial charge in [-0.25, -0.2) is 4.68 Å². The average molecular weight is 279 g/mol. The van der Waals surface area contributed by atoms with E-state index in [9.17, 15) is 5.26 Å². The van der Waals surface area contributed by atoms with E-state index in [1.165, 1.54) is 0 Å². The number of hydrogen-bond acceptors (Lipinski definition) is 4. The lowest BCUT2D eigenvalue weighted by Gasteiger charge is -2.04. The molecule has 5 heteroatoms. The van der Waals surface area contributed by atoms with Crippen LogP contribution >= 0.6 is 0 Å². The summed E-state index contributed by atoms with van der Waals surface area (Å²) in [6, 6.07) is 15.1. The fourth-order valence-electron chi connectivity index (χ4n) is 2.21. The number of fused-ring (bicyclic) bond motifs is 1. The van der Waals surface area contributed by atoms with Crippen LogP contribution in [0.25, 0.3) is 16.6 Å². The van der Waals surface area contributed by atoms with Gasteiger partial charge in [0.25, 0.3) is 0 Å². The van der Waals surface area contributed by atoms with Crippen LogP contribution in [-0.2, 0) is 0 Å². The Kier molecular flexibility index (Phi) is 3.20. The molecule has 1 aromatic heterocycles. The summed E-state index contributed by atoms with van der Waals surface area (Å²) in [4.78, 5) is 0. The van der Waals surface area contributed by atoms with Crippen molar-refractivity contribution < 1.29 is 9.47 Å². The SMILES string of the molecule is COc1ccc(-n2nc3ccc(OC)cc3c2C#N)cc1. The van der Waals surface area contributed by atoms with Crippen LogP contribution in [0.1, 0.15) is 5.69 Å². The Labute approximate surface area is 121 Å². The number of nitrogens with zero attached hydrogens (tertiary/aromatic N) is 3. The molecule has 0 spiro atoms. The number of hydrogen-bond donors (Lipinski definition) is 0. The van der Waals surface area contributed by atoms with E-state index in [4.69, 9.17) is 9.47 Å². The normalized spacial score (nSPS) is 10.3. The maximum Gasteiger partial charge on any atom is 0.152 e. The molecule has 2 aromatic carbocycles. The Balaban J connectivity index is 2.19. The fourth-order valence-corrected chi connectivity index (χ4v) is 2.21. The van der Waals surface area contributed by atoms with Crippen LogP contribution in [0, 0.1) is 11.3 Å². The predicted molar refractivity (Wildman–Crippen MR) is 78.9 cm³/mol. The first-order valence-corrected chi connectivity index (χ1v) is 6.38. The highest BCUT2D eigenvalue weighted by molar-refractivity contribution is 5.86. The molecule has 1 heterocycles. The van der Waals surface area contributed by atoms with E-state index in [1.807, 2.05) is 42.5 Å². The highest BCUT2D eigenvalue weighted by Gasteiger charge is 2.13. The van der Waals surface area contributed by atoms with Crippen molar-refractivity contribution in [2.24, 2.45) is 0 Å². The molecule has 0 bridgehead atoms. The van der Waals surface area contributed by atoms with Gasteiger partial charge in [-0.3, -0.25) is 0 Å². The van der Waals surface area contributed by atoms with Gasteiger partial charge in [0.1, 0.15) is 17.6 Å². The number of ether oxygens (including phenoxy) is 2. The summed E-state index contributed by atoms with van der Waals surface area (Å²) in [5.41, 5.74) is 2.04. The second kappa shape index (κ2) is 5.17. The van der Waals surface area contributed by atoms with E-state index in [-0.39, 0.29) is 0 Å². The topological polar surface area (TPSA) is 60.1 Å². The molecule has 0 saturated heterocycles. The van der Waals surface area contributed by atoms with Gasteiger partial charge < -0.3 is 9.47 Å². The van der Waals surface area contributed by atoms with Gasteiger partial charge in [0.05, 0.1) is 25.4 Å². The summed E-state index contributed by atoms with van der Waals surface area (Å²) >= 11 is 0. The smallest absolute Gasteiger partial charge is 0.152 e. The quantitative estimate of drug-likeness (QED) is 0.739. The zero-order chi connectivity index (χ0) is 14.8. The van der Waals surface area contributed by atoms with Gasteiger partial charge >= 0.3 is 0 Å². The first-order valence-electron chi connectivity index (χ1n) is 6.38. The Hall–Kier alpha value is -3.00. The van der Waals surface area contributed by atoms with Gasteiger partial charge in [-0.05, 0) is 42.5 Å².